The molecule has 0 unspecified atom stereocenters. The zero-order valence-corrected chi connectivity index (χ0v) is 10.6. The Morgan fingerprint density at radius 3 is 2.95 bits per heavy atom. The molecule has 3 heterocycles. The van der Waals surface area contributed by atoms with Gasteiger partial charge in [0, 0.05) is 19.3 Å². The average Bonchev–Trinajstić information content (AvgIpc) is 2.79. The zero-order chi connectivity index (χ0) is 13.2. The quantitative estimate of drug-likeness (QED) is 0.864. The summed E-state index contributed by atoms with van der Waals surface area (Å²) in [6, 6.07) is 3.56. The SMILES string of the molecule is O=C(Nc1ccc(Cl)cn1)c1cn(C2CNC2)nn1. The van der Waals surface area contributed by atoms with Crippen LogP contribution in [0.2, 0.25) is 5.02 Å². The maximum Gasteiger partial charge on any atom is 0.278 e. The third-order valence-electron chi connectivity index (χ3n) is 2.85. The van der Waals surface area contributed by atoms with Gasteiger partial charge in [0.1, 0.15) is 5.82 Å². The van der Waals surface area contributed by atoms with Crippen LogP contribution in [0.5, 0.6) is 0 Å². The highest BCUT2D eigenvalue weighted by atomic mass is 35.5. The van der Waals surface area contributed by atoms with Crippen molar-refractivity contribution in [3.8, 4) is 0 Å². The van der Waals surface area contributed by atoms with Crippen LogP contribution in [0.25, 0.3) is 0 Å². The molecule has 1 saturated heterocycles. The van der Waals surface area contributed by atoms with Crippen LogP contribution in [-0.4, -0.2) is 39.0 Å². The maximum absolute atomic E-state index is 11.9. The Labute approximate surface area is 114 Å². The molecule has 0 bridgehead atoms. The third-order valence-corrected chi connectivity index (χ3v) is 3.07. The van der Waals surface area contributed by atoms with E-state index in [4.69, 9.17) is 11.6 Å². The number of carbonyl (C=O) groups excluding carboxylic acids is 1. The van der Waals surface area contributed by atoms with E-state index in [-0.39, 0.29) is 17.6 Å². The van der Waals surface area contributed by atoms with Crippen molar-refractivity contribution in [2.45, 2.75) is 6.04 Å². The summed E-state index contributed by atoms with van der Waals surface area (Å²) in [5.74, 6) is 0.0858. The fraction of sp³-hybridized carbons (Fsp3) is 0.273. The molecule has 0 saturated carbocycles. The van der Waals surface area contributed by atoms with Crippen molar-refractivity contribution in [2.24, 2.45) is 0 Å². The number of halogens is 1. The molecule has 1 fully saturated rings. The molecule has 0 atom stereocenters. The summed E-state index contributed by atoms with van der Waals surface area (Å²) < 4.78 is 1.70. The van der Waals surface area contributed by atoms with Crippen LogP contribution >= 0.6 is 11.6 Å². The van der Waals surface area contributed by atoms with Crippen LogP contribution < -0.4 is 10.6 Å². The normalized spacial score (nSPS) is 15.0. The molecule has 19 heavy (non-hydrogen) atoms. The highest BCUT2D eigenvalue weighted by Crippen LogP contribution is 2.12. The Balaban J connectivity index is 1.69. The fourth-order valence-corrected chi connectivity index (χ4v) is 1.76. The van der Waals surface area contributed by atoms with Crippen LogP contribution in [0.15, 0.2) is 24.5 Å². The van der Waals surface area contributed by atoms with Crippen molar-refractivity contribution in [3.63, 3.8) is 0 Å². The van der Waals surface area contributed by atoms with Crippen molar-refractivity contribution in [3.05, 3.63) is 35.2 Å². The number of hydrogen-bond acceptors (Lipinski definition) is 5. The Morgan fingerprint density at radius 1 is 1.47 bits per heavy atom. The predicted octanol–water partition coefficient (Wildman–Crippen LogP) is 0.723. The molecule has 1 aliphatic rings. The van der Waals surface area contributed by atoms with Crippen LogP contribution in [-0.2, 0) is 0 Å². The van der Waals surface area contributed by atoms with Crippen molar-refractivity contribution in [1.29, 1.82) is 0 Å². The van der Waals surface area contributed by atoms with E-state index in [1.54, 1.807) is 23.0 Å². The molecule has 0 aliphatic carbocycles. The summed E-state index contributed by atoms with van der Waals surface area (Å²) in [6.45, 7) is 1.70. The molecule has 1 amide bonds. The first kappa shape index (κ1) is 12.1. The van der Waals surface area contributed by atoms with Crippen molar-refractivity contribution in [1.82, 2.24) is 25.3 Å². The number of nitrogens with one attached hydrogen (secondary N) is 2. The van der Waals surface area contributed by atoms with Gasteiger partial charge in [0.2, 0.25) is 0 Å². The highest BCUT2D eigenvalue weighted by Gasteiger charge is 2.21. The zero-order valence-electron chi connectivity index (χ0n) is 9.88. The van der Waals surface area contributed by atoms with E-state index in [0.29, 0.717) is 10.8 Å². The Kier molecular flexibility index (Phi) is 3.14. The highest BCUT2D eigenvalue weighted by molar-refractivity contribution is 6.30. The van der Waals surface area contributed by atoms with E-state index in [2.05, 4.69) is 25.9 Å². The fourth-order valence-electron chi connectivity index (χ4n) is 1.65. The van der Waals surface area contributed by atoms with Crippen LogP contribution in [0.1, 0.15) is 16.5 Å². The molecule has 8 heteroatoms. The molecule has 0 radical (unpaired) electrons. The van der Waals surface area contributed by atoms with E-state index >= 15 is 0 Å². The first-order valence-electron chi connectivity index (χ1n) is 5.78. The second-order valence-corrected chi connectivity index (χ2v) is 4.65. The topological polar surface area (TPSA) is 84.7 Å². The van der Waals surface area contributed by atoms with Gasteiger partial charge >= 0.3 is 0 Å². The lowest BCUT2D eigenvalue weighted by Crippen LogP contribution is -2.43. The summed E-state index contributed by atoms with van der Waals surface area (Å²) in [7, 11) is 0. The Bertz CT molecular complexity index is 591. The summed E-state index contributed by atoms with van der Waals surface area (Å²) in [4.78, 5) is 15.9. The van der Waals surface area contributed by atoms with E-state index in [1.807, 2.05) is 0 Å². The van der Waals surface area contributed by atoms with Gasteiger partial charge in [-0.2, -0.15) is 0 Å². The Morgan fingerprint density at radius 2 is 2.32 bits per heavy atom. The van der Waals surface area contributed by atoms with Crippen molar-refractivity contribution < 1.29 is 4.79 Å². The first-order chi connectivity index (χ1) is 9.22. The van der Waals surface area contributed by atoms with Gasteiger partial charge in [-0.3, -0.25) is 4.79 Å². The summed E-state index contributed by atoms with van der Waals surface area (Å²) in [6.07, 6.45) is 3.10. The smallest absolute Gasteiger partial charge is 0.278 e. The predicted molar refractivity (Wildman–Crippen MR) is 69.1 cm³/mol. The molecule has 2 aromatic rings. The minimum absolute atomic E-state index is 0.267. The van der Waals surface area contributed by atoms with Gasteiger partial charge in [0.25, 0.3) is 5.91 Å². The minimum Gasteiger partial charge on any atom is -0.312 e. The Hall–Kier alpha value is -1.99. The molecule has 3 rings (SSSR count). The van der Waals surface area contributed by atoms with Gasteiger partial charge < -0.3 is 10.6 Å². The largest absolute Gasteiger partial charge is 0.312 e. The van der Waals surface area contributed by atoms with Gasteiger partial charge in [-0.15, -0.1) is 5.10 Å². The van der Waals surface area contributed by atoms with Crippen LogP contribution in [0, 0.1) is 0 Å². The number of anilines is 1. The molecule has 98 valence electrons. The lowest BCUT2D eigenvalue weighted by molar-refractivity contribution is 0.102. The summed E-state index contributed by atoms with van der Waals surface area (Å²) in [5.41, 5.74) is 0.267. The van der Waals surface area contributed by atoms with Gasteiger partial charge in [0.05, 0.1) is 17.3 Å². The maximum atomic E-state index is 11.9. The molecule has 2 N–H and O–H groups in total. The van der Waals surface area contributed by atoms with Crippen molar-refractivity contribution >= 4 is 23.3 Å². The molecule has 2 aromatic heterocycles. The van der Waals surface area contributed by atoms with E-state index < -0.39 is 0 Å². The number of carbonyl (C=O) groups is 1. The monoisotopic (exact) mass is 278 g/mol. The van der Waals surface area contributed by atoms with Gasteiger partial charge in [-0.05, 0) is 12.1 Å². The van der Waals surface area contributed by atoms with Gasteiger partial charge in [0.15, 0.2) is 5.69 Å². The number of pyridine rings is 1. The van der Waals surface area contributed by atoms with Crippen LogP contribution in [0.4, 0.5) is 5.82 Å². The van der Waals surface area contributed by atoms with E-state index in [1.165, 1.54) is 6.20 Å². The first-order valence-corrected chi connectivity index (χ1v) is 6.15. The minimum atomic E-state index is -0.339. The molecule has 0 aromatic carbocycles. The number of hydrogen-bond donors (Lipinski definition) is 2. The van der Waals surface area contributed by atoms with E-state index in [9.17, 15) is 4.79 Å². The lowest BCUT2D eigenvalue weighted by Gasteiger charge is -2.26. The molecular weight excluding hydrogens is 268 g/mol. The number of aromatic nitrogens is 4. The van der Waals surface area contributed by atoms with Gasteiger partial charge in [-0.25, -0.2) is 9.67 Å². The molecule has 7 nitrogen and oxygen atoms in total. The molecule has 1 aliphatic heterocycles. The van der Waals surface area contributed by atoms with E-state index in [0.717, 1.165) is 13.1 Å². The lowest BCUT2D eigenvalue weighted by atomic mass is 10.2. The van der Waals surface area contributed by atoms with Gasteiger partial charge in [-0.1, -0.05) is 16.8 Å². The second-order valence-electron chi connectivity index (χ2n) is 4.21. The average molecular weight is 279 g/mol. The second kappa shape index (κ2) is 4.94. The standard InChI is InChI=1S/C11H11ClN6O/c12-7-1-2-10(14-3-7)15-11(19)9-6-18(17-16-9)8-4-13-5-8/h1-3,6,8,13H,4-5H2,(H,14,15,19). The molecular formula is C11H11ClN6O. The number of amides is 1. The third kappa shape index (κ3) is 2.56. The van der Waals surface area contributed by atoms with Crippen molar-refractivity contribution in [2.75, 3.05) is 18.4 Å². The summed E-state index contributed by atoms with van der Waals surface area (Å²) >= 11 is 5.72. The van der Waals surface area contributed by atoms with Crippen LogP contribution in [0.3, 0.4) is 0 Å². The summed E-state index contributed by atoms with van der Waals surface area (Å²) in [5, 5.41) is 14.1. The number of rotatable bonds is 3. The molecule has 0 spiro atoms. The number of nitrogens with zero attached hydrogens (tertiary/aromatic N) is 4.